The first-order valence-corrected chi connectivity index (χ1v) is 6.95. The number of hydrogen-bond acceptors (Lipinski definition) is 5. The molecule has 114 valence electrons. The van der Waals surface area contributed by atoms with Crippen molar-refractivity contribution in [3.63, 3.8) is 0 Å². The van der Waals surface area contributed by atoms with Gasteiger partial charge in [-0.15, -0.1) is 0 Å². The Bertz CT molecular complexity index is 329. The molecule has 0 atom stereocenters. The van der Waals surface area contributed by atoms with E-state index in [4.69, 9.17) is 24.7 Å². The number of aryl methyl sites for hydroxylation is 1. The fourth-order valence-corrected chi connectivity index (χ4v) is 1.48. The Labute approximate surface area is 121 Å². The number of benzene rings is 1. The fraction of sp³-hybridized carbons (Fsp3) is 0.600. The molecule has 0 heterocycles. The molecule has 1 aromatic rings. The summed E-state index contributed by atoms with van der Waals surface area (Å²) in [5, 5.41) is 0. The zero-order chi connectivity index (χ0) is 14.5. The summed E-state index contributed by atoms with van der Waals surface area (Å²) in [5.41, 5.74) is 6.51. The first-order chi connectivity index (χ1) is 9.83. The van der Waals surface area contributed by atoms with Gasteiger partial charge in [-0.2, -0.15) is 0 Å². The molecule has 0 fully saturated rings. The van der Waals surface area contributed by atoms with Crippen LogP contribution in [-0.4, -0.2) is 52.8 Å². The Hall–Kier alpha value is -1.14. The van der Waals surface area contributed by atoms with Crippen molar-refractivity contribution in [3.05, 3.63) is 29.8 Å². The highest BCUT2D eigenvalue weighted by atomic mass is 16.6. The van der Waals surface area contributed by atoms with Gasteiger partial charge in [-0.3, -0.25) is 0 Å². The normalized spacial score (nSPS) is 10.7. The average Bonchev–Trinajstić information content (AvgIpc) is 2.47. The lowest BCUT2D eigenvalue weighted by Gasteiger charge is -2.08. The van der Waals surface area contributed by atoms with Gasteiger partial charge in [0.05, 0.1) is 39.6 Å². The zero-order valence-corrected chi connectivity index (χ0v) is 12.2. The Kier molecular flexibility index (Phi) is 9.87. The maximum absolute atomic E-state index is 5.54. The maximum atomic E-state index is 5.54. The van der Waals surface area contributed by atoms with E-state index in [1.54, 1.807) is 0 Å². The van der Waals surface area contributed by atoms with E-state index in [2.05, 4.69) is 0 Å². The Balaban J connectivity index is 1.84. The van der Waals surface area contributed by atoms with Crippen LogP contribution < -0.4 is 10.5 Å². The highest BCUT2D eigenvalue weighted by molar-refractivity contribution is 5.26. The summed E-state index contributed by atoms with van der Waals surface area (Å²) >= 11 is 0. The number of hydrogen-bond donors (Lipinski definition) is 1. The fourth-order valence-electron chi connectivity index (χ4n) is 1.48. The minimum Gasteiger partial charge on any atom is -0.491 e. The third kappa shape index (κ3) is 8.87. The predicted octanol–water partition coefficient (Wildman–Crippen LogP) is 1.38. The highest BCUT2D eigenvalue weighted by Gasteiger charge is 1.94. The predicted molar refractivity (Wildman–Crippen MR) is 78.2 cm³/mol. The van der Waals surface area contributed by atoms with Gasteiger partial charge in [0.1, 0.15) is 12.4 Å². The second-order valence-electron chi connectivity index (χ2n) is 4.29. The molecule has 0 spiro atoms. The lowest BCUT2D eigenvalue weighted by Crippen LogP contribution is -2.14. The van der Waals surface area contributed by atoms with Crippen LogP contribution in [0.3, 0.4) is 0 Å². The van der Waals surface area contributed by atoms with Crippen LogP contribution in [0.25, 0.3) is 0 Å². The quantitative estimate of drug-likeness (QED) is 0.587. The van der Waals surface area contributed by atoms with Crippen molar-refractivity contribution >= 4 is 0 Å². The van der Waals surface area contributed by atoms with E-state index < -0.39 is 0 Å². The molecule has 0 radical (unpaired) electrons. The number of ether oxygens (including phenoxy) is 4. The van der Waals surface area contributed by atoms with Crippen molar-refractivity contribution in [1.82, 2.24) is 0 Å². The van der Waals surface area contributed by atoms with Gasteiger partial charge in [-0.25, -0.2) is 0 Å². The van der Waals surface area contributed by atoms with Gasteiger partial charge in [-0.1, -0.05) is 17.7 Å². The van der Waals surface area contributed by atoms with Crippen LogP contribution in [0.2, 0.25) is 0 Å². The zero-order valence-electron chi connectivity index (χ0n) is 12.2. The summed E-state index contributed by atoms with van der Waals surface area (Å²) in [4.78, 5) is 0. The van der Waals surface area contributed by atoms with Crippen LogP contribution in [0.15, 0.2) is 24.3 Å². The van der Waals surface area contributed by atoms with Crippen LogP contribution >= 0.6 is 0 Å². The third-order valence-electron chi connectivity index (χ3n) is 2.52. The molecule has 0 saturated carbocycles. The van der Waals surface area contributed by atoms with E-state index in [-0.39, 0.29) is 0 Å². The summed E-state index contributed by atoms with van der Waals surface area (Å²) in [6.07, 6.45) is 0. The summed E-state index contributed by atoms with van der Waals surface area (Å²) in [6, 6.07) is 7.97. The van der Waals surface area contributed by atoms with Gasteiger partial charge in [0, 0.05) is 6.54 Å². The van der Waals surface area contributed by atoms with Gasteiger partial charge in [-0.05, 0) is 19.1 Å². The van der Waals surface area contributed by atoms with Gasteiger partial charge in [0.25, 0.3) is 0 Å². The molecule has 1 rings (SSSR count). The topological polar surface area (TPSA) is 62.9 Å². The molecule has 0 unspecified atom stereocenters. The smallest absolute Gasteiger partial charge is 0.119 e. The molecule has 0 aliphatic heterocycles. The molecule has 0 amide bonds. The molecule has 2 N–H and O–H groups in total. The molecule has 0 saturated heterocycles. The van der Waals surface area contributed by atoms with E-state index in [1.165, 1.54) is 5.56 Å². The van der Waals surface area contributed by atoms with Crippen LogP contribution in [0.1, 0.15) is 5.56 Å². The van der Waals surface area contributed by atoms with E-state index in [0.717, 1.165) is 5.75 Å². The molecule has 1 aromatic carbocycles. The van der Waals surface area contributed by atoms with E-state index in [9.17, 15) is 0 Å². The lowest BCUT2D eigenvalue weighted by atomic mass is 10.2. The standard InChI is InChI=1S/C15H25NO4/c1-14-2-4-15(5-3-14)20-13-12-19-11-10-18-9-8-17-7-6-16/h2-5H,6-13,16H2,1H3. The Morgan fingerprint density at radius 1 is 0.750 bits per heavy atom. The SMILES string of the molecule is Cc1ccc(OCCOCCOCCOCCN)cc1. The minimum atomic E-state index is 0.544. The molecule has 0 bridgehead atoms. The van der Waals surface area contributed by atoms with Crippen molar-refractivity contribution < 1.29 is 18.9 Å². The summed E-state index contributed by atoms with van der Waals surface area (Å²) in [6.45, 7) is 6.56. The number of rotatable bonds is 12. The molecule has 5 nitrogen and oxygen atoms in total. The maximum Gasteiger partial charge on any atom is 0.119 e. The Morgan fingerprint density at radius 3 is 1.80 bits per heavy atom. The molecule has 0 aliphatic rings. The number of nitrogens with two attached hydrogens (primary N) is 1. The van der Waals surface area contributed by atoms with E-state index in [1.807, 2.05) is 31.2 Å². The van der Waals surface area contributed by atoms with Crippen LogP contribution in [-0.2, 0) is 14.2 Å². The molecule has 5 heteroatoms. The monoisotopic (exact) mass is 283 g/mol. The van der Waals surface area contributed by atoms with E-state index in [0.29, 0.717) is 52.8 Å². The molecule has 20 heavy (non-hydrogen) atoms. The van der Waals surface area contributed by atoms with Crippen LogP contribution in [0, 0.1) is 6.92 Å². The first-order valence-electron chi connectivity index (χ1n) is 6.95. The van der Waals surface area contributed by atoms with Crippen molar-refractivity contribution in [3.8, 4) is 5.75 Å². The molecular formula is C15H25NO4. The summed E-state index contributed by atoms with van der Waals surface area (Å²) in [7, 11) is 0. The van der Waals surface area contributed by atoms with Gasteiger partial charge in [0.15, 0.2) is 0 Å². The first kappa shape index (κ1) is 16.9. The second-order valence-corrected chi connectivity index (χ2v) is 4.29. The van der Waals surface area contributed by atoms with E-state index >= 15 is 0 Å². The molecule has 0 aliphatic carbocycles. The van der Waals surface area contributed by atoms with Gasteiger partial charge >= 0.3 is 0 Å². The third-order valence-corrected chi connectivity index (χ3v) is 2.52. The highest BCUT2D eigenvalue weighted by Crippen LogP contribution is 2.10. The average molecular weight is 283 g/mol. The van der Waals surface area contributed by atoms with Crippen LogP contribution in [0.5, 0.6) is 5.75 Å². The second kappa shape index (κ2) is 11.7. The van der Waals surface area contributed by atoms with Crippen molar-refractivity contribution in [2.45, 2.75) is 6.92 Å². The van der Waals surface area contributed by atoms with Gasteiger partial charge < -0.3 is 24.7 Å². The minimum absolute atomic E-state index is 0.544. The summed E-state index contributed by atoms with van der Waals surface area (Å²) < 4.78 is 21.4. The van der Waals surface area contributed by atoms with Crippen LogP contribution in [0.4, 0.5) is 0 Å². The lowest BCUT2D eigenvalue weighted by molar-refractivity contribution is 0.0106. The van der Waals surface area contributed by atoms with Crippen molar-refractivity contribution in [2.75, 3.05) is 52.8 Å². The van der Waals surface area contributed by atoms with Crippen molar-refractivity contribution in [1.29, 1.82) is 0 Å². The Morgan fingerprint density at radius 2 is 1.25 bits per heavy atom. The molecular weight excluding hydrogens is 258 g/mol. The largest absolute Gasteiger partial charge is 0.491 e. The van der Waals surface area contributed by atoms with Crippen molar-refractivity contribution in [2.24, 2.45) is 5.73 Å². The molecule has 0 aromatic heterocycles. The van der Waals surface area contributed by atoms with Gasteiger partial charge in [0.2, 0.25) is 0 Å². The summed E-state index contributed by atoms with van der Waals surface area (Å²) in [5.74, 6) is 0.868.